The monoisotopic (exact) mass is 328 g/mol. The first-order valence-electron chi connectivity index (χ1n) is 5.59. The maximum atomic E-state index is 11.7. The highest BCUT2D eigenvalue weighted by molar-refractivity contribution is 9.10. The van der Waals surface area contributed by atoms with E-state index in [4.69, 9.17) is 12.2 Å². The van der Waals surface area contributed by atoms with Crippen molar-refractivity contribution in [2.45, 2.75) is 27.7 Å². The molecule has 1 aromatic rings. The molecule has 0 atom stereocenters. The lowest BCUT2D eigenvalue weighted by atomic mass is 9.96. The fourth-order valence-electron chi connectivity index (χ4n) is 1.18. The molecule has 2 N–H and O–H groups in total. The molecule has 0 saturated carbocycles. The van der Waals surface area contributed by atoms with E-state index < -0.39 is 5.41 Å². The van der Waals surface area contributed by atoms with E-state index in [0.29, 0.717) is 5.11 Å². The van der Waals surface area contributed by atoms with Crippen molar-refractivity contribution in [1.82, 2.24) is 5.32 Å². The SMILES string of the molecule is Cc1cc(NC(=S)NC(=O)C(C)(C)C)ccc1Br. The molecule has 5 heteroatoms. The van der Waals surface area contributed by atoms with E-state index in [1.54, 1.807) is 0 Å². The van der Waals surface area contributed by atoms with Crippen LogP contribution < -0.4 is 10.6 Å². The molecule has 1 aromatic carbocycles. The van der Waals surface area contributed by atoms with Crippen LogP contribution in [0.25, 0.3) is 0 Å². The number of aryl methyl sites for hydroxylation is 1. The average Bonchev–Trinajstić information content (AvgIpc) is 2.22. The molecule has 0 heterocycles. The van der Waals surface area contributed by atoms with E-state index in [2.05, 4.69) is 26.6 Å². The van der Waals surface area contributed by atoms with Crippen LogP contribution in [0.5, 0.6) is 0 Å². The first-order valence-corrected chi connectivity index (χ1v) is 6.79. The number of rotatable bonds is 1. The largest absolute Gasteiger partial charge is 0.332 e. The number of hydrogen-bond donors (Lipinski definition) is 2. The number of carbonyl (C=O) groups is 1. The van der Waals surface area contributed by atoms with E-state index in [0.717, 1.165) is 15.7 Å². The third-order valence-electron chi connectivity index (χ3n) is 2.32. The van der Waals surface area contributed by atoms with Gasteiger partial charge in [-0.2, -0.15) is 0 Å². The van der Waals surface area contributed by atoms with Crippen LogP contribution in [0.2, 0.25) is 0 Å². The van der Waals surface area contributed by atoms with Gasteiger partial charge in [0.15, 0.2) is 5.11 Å². The molecule has 0 aromatic heterocycles. The van der Waals surface area contributed by atoms with Crippen LogP contribution in [0.15, 0.2) is 22.7 Å². The highest BCUT2D eigenvalue weighted by atomic mass is 79.9. The molecular weight excluding hydrogens is 312 g/mol. The van der Waals surface area contributed by atoms with Crippen LogP contribution in [0, 0.1) is 12.3 Å². The van der Waals surface area contributed by atoms with Crippen LogP contribution in [0.4, 0.5) is 5.69 Å². The van der Waals surface area contributed by atoms with Crippen LogP contribution in [-0.4, -0.2) is 11.0 Å². The number of amides is 1. The average molecular weight is 329 g/mol. The van der Waals surface area contributed by atoms with Crippen molar-refractivity contribution in [2.24, 2.45) is 5.41 Å². The van der Waals surface area contributed by atoms with Crippen molar-refractivity contribution < 1.29 is 4.79 Å². The molecule has 1 rings (SSSR count). The Hall–Kier alpha value is -0.940. The molecule has 1 amide bonds. The minimum Gasteiger partial charge on any atom is -0.332 e. The third kappa shape index (κ3) is 4.38. The van der Waals surface area contributed by atoms with Crippen molar-refractivity contribution in [3.63, 3.8) is 0 Å². The lowest BCUT2D eigenvalue weighted by Crippen LogP contribution is -2.41. The molecule has 98 valence electrons. The molecule has 0 fully saturated rings. The fourth-order valence-corrected chi connectivity index (χ4v) is 1.63. The number of benzene rings is 1. The number of halogens is 1. The van der Waals surface area contributed by atoms with Crippen molar-refractivity contribution >= 4 is 44.9 Å². The van der Waals surface area contributed by atoms with E-state index >= 15 is 0 Å². The Morgan fingerprint density at radius 1 is 1.33 bits per heavy atom. The normalized spacial score (nSPS) is 10.9. The molecule has 0 spiro atoms. The second-order valence-corrected chi connectivity index (χ2v) is 6.38. The van der Waals surface area contributed by atoms with Crippen molar-refractivity contribution in [1.29, 1.82) is 0 Å². The van der Waals surface area contributed by atoms with Crippen molar-refractivity contribution in [2.75, 3.05) is 5.32 Å². The van der Waals surface area contributed by atoms with Gasteiger partial charge in [-0.3, -0.25) is 4.79 Å². The van der Waals surface area contributed by atoms with Gasteiger partial charge in [0.05, 0.1) is 0 Å². The lowest BCUT2D eigenvalue weighted by molar-refractivity contribution is -0.126. The summed E-state index contributed by atoms with van der Waals surface area (Å²) >= 11 is 8.53. The molecule has 0 aliphatic heterocycles. The Balaban J connectivity index is 2.65. The topological polar surface area (TPSA) is 41.1 Å². The molecule has 0 unspecified atom stereocenters. The second-order valence-electron chi connectivity index (χ2n) is 5.12. The molecule has 0 bridgehead atoms. The zero-order chi connectivity index (χ0) is 13.9. The number of nitrogens with one attached hydrogen (secondary N) is 2. The van der Waals surface area contributed by atoms with E-state index in [9.17, 15) is 4.79 Å². The van der Waals surface area contributed by atoms with E-state index in [1.807, 2.05) is 45.9 Å². The van der Waals surface area contributed by atoms with Crippen LogP contribution >= 0.6 is 28.1 Å². The number of hydrogen-bond acceptors (Lipinski definition) is 2. The Labute approximate surface area is 121 Å². The van der Waals surface area contributed by atoms with Gasteiger partial charge in [-0.05, 0) is 42.9 Å². The predicted molar refractivity (Wildman–Crippen MR) is 82.7 cm³/mol. The maximum Gasteiger partial charge on any atom is 0.231 e. The third-order valence-corrected chi connectivity index (χ3v) is 3.42. The highest BCUT2D eigenvalue weighted by Gasteiger charge is 2.21. The summed E-state index contributed by atoms with van der Waals surface area (Å²) in [5.41, 5.74) is 1.50. The maximum absolute atomic E-state index is 11.7. The van der Waals surface area contributed by atoms with Gasteiger partial charge in [0.1, 0.15) is 0 Å². The first-order chi connectivity index (χ1) is 8.20. The van der Waals surface area contributed by atoms with E-state index in [1.165, 1.54) is 0 Å². The standard InChI is InChI=1S/C13H17BrN2OS/c1-8-7-9(5-6-10(8)14)15-12(18)16-11(17)13(2,3)4/h5-7H,1-4H3,(H2,15,16,17,18). The molecular formula is C13H17BrN2OS. The number of carbonyl (C=O) groups excluding carboxylic acids is 1. The summed E-state index contributed by atoms with van der Waals surface area (Å²) in [5.74, 6) is -0.103. The van der Waals surface area contributed by atoms with Crippen LogP contribution in [-0.2, 0) is 4.79 Å². The van der Waals surface area contributed by atoms with Gasteiger partial charge in [0, 0.05) is 15.6 Å². The van der Waals surface area contributed by atoms with E-state index in [-0.39, 0.29) is 5.91 Å². The zero-order valence-electron chi connectivity index (χ0n) is 10.9. The van der Waals surface area contributed by atoms with Gasteiger partial charge in [-0.25, -0.2) is 0 Å². The van der Waals surface area contributed by atoms with Gasteiger partial charge in [0.25, 0.3) is 0 Å². The molecule has 0 aliphatic rings. The number of thiocarbonyl (C=S) groups is 1. The second kappa shape index (κ2) is 5.80. The Kier molecular flexibility index (Phi) is 4.87. The van der Waals surface area contributed by atoms with Gasteiger partial charge in [-0.1, -0.05) is 36.7 Å². The molecule has 0 saturated heterocycles. The zero-order valence-corrected chi connectivity index (χ0v) is 13.3. The molecule has 18 heavy (non-hydrogen) atoms. The minimum atomic E-state index is -0.457. The van der Waals surface area contributed by atoms with Crippen LogP contribution in [0.3, 0.4) is 0 Å². The van der Waals surface area contributed by atoms with Gasteiger partial charge in [-0.15, -0.1) is 0 Å². The molecule has 0 aliphatic carbocycles. The van der Waals surface area contributed by atoms with Gasteiger partial charge in [0.2, 0.25) is 5.91 Å². The quantitative estimate of drug-likeness (QED) is 0.773. The Morgan fingerprint density at radius 2 is 1.94 bits per heavy atom. The molecule has 0 radical (unpaired) electrons. The summed E-state index contributed by atoms with van der Waals surface area (Å²) in [6.45, 7) is 7.52. The number of anilines is 1. The fraction of sp³-hybridized carbons (Fsp3) is 0.385. The van der Waals surface area contributed by atoms with Gasteiger partial charge >= 0.3 is 0 Å². The van der Waals surface area contributed by atoms with Crippen molar-refractivity contribution in [3.8, 4) is 0 Å². The summed E-state index contributed by atoms with van der Waals surface area (Å²) in [6.07, 6.45) is 0. The van der Waals surface area contributed by atoms with Crippen molar-refractivity contribution in [3.05, 3.63) is 28.2 Å². The predicted octanol–water partition coefficient (Wildman–Crippen LogP) is 3.62. The smallest absolute Gasteiger partial charge is 0.231 e. The van der Waals surface area contributed by atoms with Crippen LogP contribution in [0.1, 0.15) is 26.3 Å². The Morgan fingerprint density at radius 3 is 2.44 bits per heavy atom. The summed E-state index contributed by atoms with van der Waals surface area (Å²) < 4.78 is 1.04. The molecule has 3 nitrogen and oxygen atoms in total. The summed E-state index contributed by atoms with van der Waals surface area (Å²) in [7, 11) is 0. The Bertz CT molecular complexity index is 480. The minimum absolute atomic E-state index is 0.103. The lowest BCUT2D eigenvalue weighted by Gasteiger charge is -2.18. The first kappa shape index (κ1) is 15.1. The summed E-state index contributed by atoms with van der Waals surface area (Å²) in [6, 6.07) is 5.79. The highest BCUT2D eigenvalue weighted by Crippen LogP contribution is 2.20. The summed E-state index contributed by atoms with van der Waals surface area (Å²) in [4.78, 5) is 11.7. The summed E-state index contributed by atoms with van der Waals surface area (Å²) in [5, 5.41) is 5.98. The van der Waals surface area contributed by atoms with Gasteiger partial charge < -0.3 is 10.6 Å².